The molecule has 0 unspecified atom stereocenters. The molecule has 2 N–H and O–H groups in total. The molecule has 0 aliphatic carbocycles. The van der Waals surface area contributed by atoms with Crippen LogP contribution in [0.25, 0.3) is 11.0 Å². The zero-order valence-electron chi connectivity index (χ0n) is 8.77. The maximum absolute atomic E-state index is 11.0. The van der Waals surface area contributed by atoms with Crippen molar-refractivity contribution in [3.05, 3.63) is 35.7 Å². The lowest BCUT2D eigenvalue weighted by Crippen LogP contribution is -2.14. The summed E-state index contributed by atoms with van der Waals surface area (Å²) < 4.78 is 0. The summed E-state index contributed by atoms with van der Waals surface area (Å²) in [4.78, 5) is 19.4. The number of benzene rings is 1. The minimum atomic E-state index is -1.05. The number of nitrogens with one attached hydrogen (secondary N) is 1. The molecule has 16 heavy (non-hydrogen) atoms. The summed E-state index contributed by atoms with van der Waals surface area (Å²) in [6.45, 7) is 0.388. The lowest BCUT2D eigenvalue weighted by Gasteiger charge is -2.05. The van der Waals surface area contributed by atoms with E-state index in [0.29, 0.717) is 23.3 Å². The predicted octanol–water partition coefficient (Wildman–Crippen LogP) is 1.05. The van der Waals surface area contributed by atoms with Gasteiger partial charge in [-0.05, 0) is 19.2 Å². The molecule has 1 aromatic heterocycles. The lowest BCUT2D eigenvalue weighted by atomic mass is 10.2. The van der Waals surface area contributed by atoms with E-state index in [2.05, 4.69) is 15.3 Å². The molecule has 0 saturated carbocycles. The number of rotatable bonds is 3. The van der Waals surface area contributed by atoms with Crippen molar-refractivity contribution < 1.29 is 9.90 Å². The van der Waals surface area contributed by atoms with Gasteiger partial charge in [0.2, 0.25) is 0 Å². The third-order valence-electron chi connectivity index (χ3n) is 2.19. The highest BCUT2D eigenvalue weighted by molar-refractivity contribution is 5.89. The minimum absolute atomic E-state index is 0.00745. The van der Waals surface area contributed by atoms with E-state index >= 15 is 0 Å². The summed E-state index contributed by atoms with van der Waals surface area (Å²) in [5, 5.41) is 11.9. The van der Waals surface area contributed by atoms with Gasteiger partial charge in [0, 0.05) is 6.54 Å². The fourth-order valence-corrected chi connectivity index (χ4v) is 1.50. The van der Waals surface area contributed by atoms with Crippen molar-refractivity contribution in [2.24, 2.45) is 0 Å². The maximum Gasteiger partial charge on any atom is 0.356 e. The van der Waals surface area contributed by atoms with Gasteiger partial charge < -0.3 is 10.4 Å². The van der Waals surface area contributed by atoms with Crippen LogP contribution in [-0.4, -0.2) is 28.1 Å². The molecule has 0 radical (unpaired) electrons. The van der Waals surface area contributed by atoms with Crippen molar-refractivity contribution in [2.75, 3.05) is 7.05 Å². The third-order valence-corrected chi connectivity index (χ3v) is 2.19. The van der Waals surface area contributed by atoms with Crippen molar-refractivity contribution in [2.45, 2.75) is 6.54 Å². The highest BCUT2D eigenvalue weighted by Gasteiger charge is 2.14. The second-order valence-electron chi connectivity index (χ2n) is 3.34. The minimum Gasteiger partial charge on any atom is -0.476 e. The molecule has 0 saturated heterocycles. The topological polar surface area (TPSA) is 75.1 Å². The summed E-state index contributed by atoms with van der Waals surface area (Å²) in [6, 6.07) is 7.21. The summed E-state index contributed by atoms with van der Waals surface area (Å²) in [5.41, 5.74) is 1.76. The van der Waals surface area contributed by atoms with Crippen molar-refractivity contribution >= 4 is 17.0 Å². The predicted molar refractivity (Wildman–Crippen MR) is 59.3 cm³/mol. The number of hydrogen-bond donors (Lipinski definition) is 2. The average Bonchev–Trinajstić information content (AvgIpc) is 2.28. The molecule has 0 bridgehead atoms. The molecule has 0 aliphatic heterocycles. The van der Waals surface area contributed by atoms with E-state index in [1.54, 1.807) is 19.2 Å². The average molecular weight is 217 g/mol. The van der Waals surface area contributed by atoms with Crippen LogP contribution in [0.2, 0.25) is 0 Å². The fraction of sp³-hybridized carbons (Fsp3) is 0.182. The van der Waals surface area contributed by atoms with Gasteiger partial charge in [-0.1, -0.05) is 12.1 Å². The van der Waals surface area contributed by atoms with Crippen LogP contribution in [-0.2, 0) is 6.54 Å². The zero-order chi connectivity index (χ0) is 11.5. The zero-order valence-corrected chi connectivity index (χ0v) is 8.77. The maximum atomic E-state index is 11.0. The monoisotopic (exact) mass is 217 g/mol. The number of nitrogens with zero attached hydrogens (tertiary/aromatic N) is 2. The molecule has 0 spiro atoms. The normalized spacial score (nSPS) is 10.6. The van der Waals surface area contributed by atoms with Gasteiger partial charge in [-0.15, -0.1) is 0 Å². The van der Waals surface area contributed by atoms with Crippen LogP contribution < -0.4 is 5.32 Å². The Kier molecular flexibility index (Phi) is 2.78. The van der Waals surface area contributed by atoms with E-state index in [1.807, 2.05) is 12.1 Å². The number of aromatic nitrogens is 2. The lowest BCUT2D eigenvalue weighted by molar-refractivity contribution is 0.0689. The molecule has 5 nitrogen and oxygen atoms in total. The van der Waals surface area contributed by atoms with Gasteiger partial charge in [0.25, 0.3) is 0 Å². The molecule has 0 fully saturated rings. The van der Waals surface area contributed by atoms with Gasteiger partial charge in [0.05, 0.1) is 16.7 Å². The molecule has 5 heteroatoms. The van der Waals surface area contributed by atoms with Crippen molar-refractivity contribution in [3.63, 3.8) is 0 Å². The molecule has 82 valence electrons. The Morgan fingerprint density at radius 3 is 2.50 bits per heavy atom. The Morgan fingerprint density at radius 2 is 1.94 bits per heavy atom. The number of fused-ring (bicyclic) bond motifs is 1. The highest BCUT2D eigenvalue weighted by atomic mass is 16.4. The van der Waals surface area contributed by atoms with Gasteiger partial charge in [0.15, 0.2) is 5.69 Å². The summed E-state index contributed by atoms with van der Waals surface area (Å²) in [6.07, 6.45) is 0. The van der Waals surface area contributed by atoms with E-state index < -0.39 is 5.97 Å². The first-order valence-electron chi connectivity index (χ1n) is 4.86. The second-order valence-corrected chi connectivity index (χ2v) is 3.34. The fourth-order valence-electron chi connectivity index (χ4n) is 1.50. The van der Waals surface area contributed by atoms with E-state index in [9.17, 15) is 4.79 Å². The van der Waals surface area contributed by atoms with E-state index in [0.717, 1.165) is 0 Å². The van der Waals surface area contributed by atoms with Gasteiger partial charge in [-0.3, -0.25) is 0 Å². The summed E-state index contributed by atoms with van der Waals surface area (Å²) in [5.74, 6) is -1.05. The number of carbonyl (C=O) groups is 1. The van der Waals surface area contributed by atoms with E-state index in [-0.39, 0.29) is 5.69 Å². The molecule has 0 amide bonds. The van der Waals surface area contributed by atoms with E-state index in [1.165, 1.54) is 0 Å². The van der Waals surface area contributed by atoms with Crippen molar-refractivity contribution in [1.82, 2.24) is 15.3 Å². The smallest absolute Gasteiger partial charge is 0.356 e. The largest absolute Gasteiger partial charge is 0.476 e. The number of aromatic carboxylic acids is 1. The quantitative estimate of drug-likeness (QED) is 0.803. The van der Waals surface area contributed by atoms with Gasteiger partial charge in [0.1, 0.15) is 0 Å². The van der Waals surface area contributed by atoms with Crippen LogP contribution in [0.1, 0.15) is 16.2 Å². The Morgan fingerprint density at radius 1 is 1.31 bits per heavy atom. The van der Waals surface area contributed by atoms with Gasteiger partial charge in [-0.2, -0.15) is 0 Å². The number of carboxylic acids is 1. The summed E-state index contributed by atoms with van der Waals surface area (Å²) in [7, 11) is 1.74. The van der Waals surface area contributed by atoms with Crippen LogP contribution in [0, 0.1) is 0 Å². The molecule has 0 atom stereocenters. The van der Waals surface area contributed by atoms with Gasteiger partial charge >= 0.3 is 5.97 Å². The first kappa shape index (κ1) is 10.5. The van der Waals surface area contributed by atoms with E-state index in [4.69, 9.17) is 5.11 Å². The number of carboxylic acid groups (broad SMARTS) is 1. The molecule has 0 aliphatic rings. The van der Waals surface area contributed by atoms with Gasteiger partial charge in [-0.25, -0.2) is 14.8 Å². The number of hydrogen-bond acceptors (Lipinski definition) is 4. The molecular formula is C11H11N3O2. The van der Waals surface area contributed by atoms with Crippen molar-refractivity contribution in [3.8, 4) is 0 Å². The molecule has 1 heterocycles. The Balaban J connectivity index is 2.65. The van der Waals surface area contributed by atoms with Crippen molar-refractivity contribution in [1.29, 1.82) is 0 Å². The van der Waals surface area contributed by atoms with Crippen LogP contribution in [0.5, 0.6) is 0 Å². The highest BCUT2D eigenvalue weighted by Crippen LogP contribution is 2.12. The Labute approximate surface area is 92.2 Å². The van der Waals surface area contributed by atoms with Crippen LogP contribution in [0.15, 0.2) is 24.3 Å². The Hall–Kier alpha value is -2.01. The molecule has 1 aromatic carbocycles. The molecule has 2 rings (SSSR count). The number of para-hydroxylation sites is 2. The molecule has 2 aromatic rings. The second kappa shape index (κ2) is 4.24. The first-order valence-corrected chi connectivity index (χ1v) is 4.86. The molecular weight excluding hydrogens is 206 g/mol. The van der Waals surface area contributed by atoms with Crippen LogP contribution in [0.4, 0.5) is 0 Å². The first-order chi connectivity index (χ1) is 7.72. The Bertz CT molecular complexity index is 540. The third kappa shape index (κ3) is 1.85. The van der Waals surface area contributed by atoms with Crippen LogP contribution in [0.3, 0.4) is 0 Å². The standard InChI is InChI=1S/C11H11N3O2/c1-12-6-9-10(11(15)16)14-8-5-3-2-4-7(8)13-9/h2-5,12H,6H2,1H3,(H,15,16). The van der Waals surface area contributed by atoms with Crippen LogP contribution >= 0.6 is 0 Å². The SMILES string of the molecule is CNCc1nc2ccccc2nc1C(=O)O. The summed E-state index contributed by atoms with van der Waals surface area (Å²) >= 11 is 0.